The Labute approximate surface area is 105 Å². The third kappa shape index (κ3) is 13.7. The summed E-state index contributed by atoms with van der Waals surface area (Å²) in [6.07, 6.45) is 1.54. The molecule has 1 unspecified atom stereocenters. The van der Waals surface area contributed by atoms with Gasteiger partial charge in [-0.1, -0.05) is 6.92 Å². The van der Waals surface area contributed by atoms with Crippen LogP contribution in [0.5, 0.6) is 0 Å². The molecule has 0 aromatic rings. The Hall–Kier alpha value is -0.240. The molecule has 0 amide bonds. The van der Waals surface area contributed by atoms with Crippen LogP contribution in [-0.4, -0.2) is 52.7 Å². The van der Waals surface area contributed by atoms with E-state index >= 15 is 0 Å². The van der Waals surface area contributed by atoms with Crippen molar-refractivity contribution in [1.29, 1.82) is 5.26 Å². The summed E-state index contributed by atoms with van der Waals surface area (Å²) < 4.78 is 21.1. The molecular weight excluding hydrogens is 241 g/mol. The highest BCUT2D eigenvalue weighted by Gasteiger charge is 2.01. The van der Waals surface area contributed by atoms with Crippen LogP contribution in [-0.2, 0) is 18.7 Å². The second-order valence-corrected chi connectivity index (χ2v) is 5.09. The van der Waals surface area contributed by atoms with Crippen molar-refractivity contribution in [2.24, 2.45) is 0 Å². The maximum absolute atomic E-state index is 8.27. The lowest BCUT2D eigenvalue weighted by molar-refractivity contribution is 0.0375. The van der Waals surface area contributed by atoms with Crippen molar-refractivity contribution in [2.75, 3.05) is 52.7 Å². The fourth-order valence-corrected chi connectivity index (χ4v) is 1.78. The molecule has 0 aliphatic heterocycles. The van der Waals surface area contributed by atoms with Gasteiger partial charge in [0.2, 0.25) is 0 Å². The van der Waals surface area contributed by atoms with E-state index in [2.05, 4.69) is 6.92 Å². The average molecular weight is 263 g/mol. The lowest BCUT2D eigenvalue weighted by Gasteiger charge is -2.12. The van der Waals surface area contributed by atoms with Crippen LogP contribution in [0.4, 0.5) is 0 Å². The summed E-state index contributed by atoms with van der Waals surface area (Å²) in [5, 5.41) is 8.27. The van der Waals surface area contributed by atoms with Crippen molar-refractivity contribution in [2.45, 2.75) is 13.3 Å². The van der Waals surface area contributed by atoms with E-state index in [0.717, 1.165) is 13.0 Å². The van der Waals surface area contributed by atoms with Crippen molar-refractivity contribution < 1.29 is 18.7 Å². The van der Waals surface area contributed by atoms with Gasteiger partial charge in [-0.2, -0.15) is 5.26 Å². The van der Waals surface area contributed by atoms with E-state index in [1.165, 1.54) is 0 Å². The predicted molar refractivity (Wildman–Crippen MR) is 67.2 cm³/mol. The smallest absolute Gasteiger partial charge is 0.134 e. The lowest BCUT2D eigenvalue weighted by atomic mass is 10.5. The summed E-state index contributed by atoms with van der Waals surface area (Å²) in [5.74, 6) is 0. The van der Waals surface area contributed by atoms with E-state index in [-0.39, 0.29) is 6.61 Å². The molecule has 100 valence electrons. The van der Waals surface area contributed by atoms with E-state index in [0.29, 0.717) is 32.8 Å². The van der Waals surface area contributed by atoms with Gasteiger partial charge in [-0.25, -0.2) is 0 Å². The SMILES string of the molecule is CCCOCCOCCOP(C)COCC#N. The fourth-order valence-electron chi connectivity index (χ4n) is 0.975. The second-order valence-electron chi connectivity index (χ2n) is 3.32. The minimum atomic E-state index is -0.607. The van der Waals surface area contributed by atoms with Gasteiger partial charge in [0.15, 0.2) is 0 Å². The molecule has 0 saturated carbocycles. The molecule has 0 fully saturated rings. The quantitative estimate of drug-likeness (QED) is 0.398. The molecule has 0 radical (unpaired) electrons. The highest BCUT2D eigenvalue weighted by atomic mass is 31.1. The van der Waals surface area contributed by atoms with E-state index in [9.17, 15) is 0 Å². The molecule has 0 N–H and O–H groups in total. The molecule has 0 aliphatic carbocycles. The molecule has 0 bridgehead atoms. The summed E-state index contributed by atoms with van der Waals surface area (Å²) in [5.41, 5.74) is 0. The van der Waals surface area contributed by atoms with Crippen LogP contribution < -0.4 is 0 Å². The van der Waals surface area contributed by atoms with Crippen LogP contribution in [0.3, 0.4) is 0 Å². The molecule has 0 spiro atoms. The Morgan fingerprint density at radius 3 is 2.29 bits per heavy atom. The molecule has 0 aromatic heterocycles. The molecule has 17 heavy (non-hydrogen) atoms. The average Bonchev–Trinajstić information content (AvgIpc) is 2.33. The van der Waals surface area contributed by atoms with E-state index in [1.807, 2.05) is 12.7 Å². The van der Waals surface area contributed by atoms with Crippen molar-refractivity contribution in [3.05, 3.63) is 0 Å². The monoisotopic (exact) mass is 263 g/mol. The summed E-state index contributed by atoms with van der Waals surface area (Å²) in [6.45, 7) is 7.34. The normalized spacial score (nSPS) is 12.3. The number of hydrogen-bond acceptors (Lipinski definition) is 5. The van der Waals surface area contributed by atoms with Gasteiger partial charge in [-0.3, -0.25) is 0 Å². The Kier molecular flexibility index (Phi) is 13.6. The van der Waals surface area contributed by atoms with Crippen LogP contribution in [0.25, 0.3) is 0 Å². The third-order valence-electron chi connectivity index (χ3n) is 1.70. The van der Waals surface area contributed by atoms with Crippen molar-refractivity contribution in [1.82, 2.24) is 0 Å². The molecule has 0 aliphatic rings. The van der Waals surface area contributed by atoms with Crippen molar-refractivity contribution in [3.8, 4) is 6.07 Å². The van der Waals surface area contributed by atoms with Gasteiger partial charge >= 0.3 is 0 Å². The van der Waals surface area contributed by atoms with Crippen LogP contribution in [0, 0.1) is 11.3 Å². The molecule has 0 saturated heterocycles. The minimum absolute atomic E-state index is 0.126. The Morgan fingerprint density at radius 2 is 1.65 bits per heavy atom. The maximum Gasteiger partial charge on any atom is 0.134 e. The number of nitriles is 1. The first kappa shape index (κ1) is 16.8. The first-order chi connectivity index (χ1) is 8.31. The first-order valence-electron chi connectivity index (χ1n) is 5.75. The zero-order chi connectivity index (χ0) is 12.8. The lowest BCUT2D eigenvalue weighted by Crippen LogP contribution is -2.09. The zero-order valence-corrected chi connectivity index (χ0v) is 11.6. The summed E-state index contributed by atoms with van der Waals surface area (Å²) in [4.78, 5) is 0. The van der Waals surface area contributed by atoms with Crippen molar-refractivity contribution in [3.63, 3.8) is 0 Å². The summed E-state index contributed by atoms with van der Waals surface area (Å²) in [7, 11) is -0.607. The minimum Gasteiger partial charge on any atom is -0.379 e. The van der Waals surface area contributed by atoms with Gasteiger partial charge in [0.05, 0.1) is 47.0 Å². The number of ether oxygens (including phenoxy) is 3. The Bertz CT molecular complexity index is 198. The van der Waals surface area contributed by atoms with Gasteiger partial charge in [0.25, 0.3) is 0 Å². The Morgan fingerprint density at radius 1 is 1.00 bits per heavy atom. The Balaban J connectivity index is 3.08. The second kappa shape index (κ2) is 13.8. The summed E-state index contributed by atoms with van der Waals surface area (Å²) in [6, 6.07) is 1.92. The molecular formula is C11H22NO4P. The van der Waals surface area contributed by atoms with Crippen LogP contribution in [0.15, 0.2) is 0 Å². The highest BCUT2D eigenvalue weighted by molar-refractivity contribution is 7.51. The van der Waals surface area contributed by atoms with E-state index < -0.39 is 8.15 Å². The van der Waals surface area contributed by atoms with Gasteiger partial charge in [0, 0.05) is 6.61 Å². The number of hydrogen-bond donors (Lipinski definition) is 0. The van der Waals surface area contributed by atoms with E-state index in [4.69, 9.17) is 24.0 Å². The number of nitrogens with zero attached hydrogens (tertiary/aromatic N) is 1. The van der Waals surface area contributed by atoms with Gasteiger partial charge in [-0.05, 0) is 13.1 Å². The van der Waals surface area contributed by atoms with Gasteiger partial charge < -0.3 is 18.7 Å². The van der Waals surface area contributed by atoms with Crippen LogP contribution in [0.1, 0.15) is 13.3 Å². The first-order valence-corrected chi connectivity index (χ1v) is 7.64. The molecule has 1 atom stereocenters. The molecule has 0 rings (SSSR count). The number of rotatable bonds is 12. The highest BCUT2D eigenvalue weighted by Crippen LogP contribution is 2.31. The third-order valence-corrected chi connectivity index (χ3v) is 2.87. The molecule has 0 aromatic carbocycles. The topological polar surface area (TPSA) is 60.7 Å². The molecule has 0 heterocycles. The standard InChI is InChI=1S/C11H22NO4P/c1-3-5-13-7-8-14-9-10-16-17(2)11-15-6-4-12/h3,5-11H2,1-2H3. The molecule has 6 heteroatoms. The maximum atomic E-state index is 8.27. The van der Waals surface area contributed by atoms with Crippen LogP contribution >= 0.6 is 8.15 Å². The fraction of sp³-hybridized carbons (Fsp3) is 0.909. The van der Waals surface area contributed by atoms with Crippen molar-refractivity contribution >= 4 is 8.15 Å². The predicted octanol–water partition coefficient (Wildman–Crippen LogP) is 1.97. The van der Waals surface area contributed by atoms with Gasteiger partial charge in [-0.15, -0.1) is 0 Å². The van der Waals surface area contributed by atoms with Crippen LogP contribution in [0.2, 0.25) is 0 Å². The zero-order valence-electron chi connectivity index (χ0n) is 10.7. The van der Waals surface area contributed by atoms with Gasteiger partial charge in [0.1, 0.15) is 6.61 Å². The molecule has 5 nitrogen and oxygen atoms in total. The largest absolute Gasteiger partial charge is 0.379 e. The summed E-state index contributed by atoms with van der Waals surface area (Å²) >= 11 is 0. The van der Waals surface area contributed by atoms with E-state index in [1.54, 1.807) is 0 Å².